The van der Waals surface area contributed by atoms with E-state index in [0.717, 1.165) is 23.2 Å². The molecule has 0 saturated carbocycles. The predicted molar refractivity (Wildman–Crippen MR) is 82.4 cm³/mol. The average Bonchev–Trinajstić information content (AvgIpc) is 3.17. The standard InChI is InChI=1S/C17H17N3O2/c1-13-6-9-22-16(13)17(21)19-10-14-4-2-3-5-15(14)11-20-8-7-18-12-20/h2-9,12H,10-11H2,1H3,(H,19,21). The molecule has 22 heavy (non-hydrogen) atoms. The van der Waals surface area contributed by atoms with Crippen molar-refractivity contribution in [1.82, 2.24) is 14.9 Å². The van der Waals surface area contributed by atoms with Gasteiger partial charge in [0.25, 0.3) is 5.91 Å². The lowest BCUT2D eigenvalue weighted by atomic mass is 10.1. The summed E-state index contributed by atoms with van der Waals surface area (Å²) in [6, 6.07) is 9.81. The molecule has 112 valence electrons. The monoisotopic (exact) mass is 295 g/mol. The average molecular weight is 295 g/mol. The van der Waals surface area contributed by atoms with Gasteiger partial charge in [0.2, 0.25) is 0 Å². The number of amides is 1. The molecule has 5 heteroatoms. The first-order chi connectivity index (χ1) is 10.7. The molecular formula is C17H17N3O2. The number of carbonyl (C=O) groups excluding carboxylic acids is 1. The van der Waals surface area contributed by atoms with Crippen molar-refractivity contribution < 1.29 is 9.21 Å². The van der Waals surface area contributed by atoms with Crippen LogP contribution in [0.15, 0.2) is 59.7 Å². The number of hydrogen-bond acceptors (Lipinski definition) is 3. The number of aromatic nitrogens is 2. The Hall–Kier alpha value is -2.82. The van der Waals surface area contributed by atoms with Crippen LogP contribution in [0.25, 0.3) is 0 Å². The zero-order valence-electron chi connectivity index (χ0n) is 12.3. The van der Waals surface area contributed by atoms with Crippen molar-refractivity contribution in [2.45, 2.75) is 20.0 Å². The molecule has 1 N–H and O–H groups in total. The van der Waals surface area contributed by atoms with Crippen LogP contribution in [0.2, 0.25) is 0 Å². The summed E-state index contributed by atoms with van der Waals surface area (Å²) in [5.74, 6) is 0.173. The molecule has 0 bridgehead atoms. The Bertz CT molecular complexity index is 760. The maximum Gasteiger partial charge on any atom is 0.287 e. The van der Waals surface area contributed by atoms with E-state index in [2.05, 4.69) is 16.4 Å². The highest BCUT2D eigenvalue weighted by molar-refractivity contribution is 5.92. The van der Waals surface area contributed by atoms with Gasteiger partial charge in [0, 0.05) is 31.0 Å². The molecule has 0 atom stereocenters. The molecule has 0 fully saturated rings. The fourth-order valence-corrected chi connectivity index (χ4v) is 2.32. The summed E-state index contributed by atoms with van der Waals surface area (Å²) < 4.78 is 7.20. The maximum atomic E-state index is 12.1. The van der Waals surface area contributed by atoms with Crippen LogP contribution < -0.4 is 5.32 Å². The summed E-state index contributed by atoms with van der Waals surface area (Å²) in [6.07, 6.45) is 6.98. The molecule has 0 spiro atoms. The Morgan fingerprint density at radius 3 is 2.77 bits per heavy atom. The fraction of sp³-hybridized carbons (Fsp3) is 0.176. The quantitative estimate of drug-likeness (QED) is 0.787. The second kappa shape index (κ2) is 6.30. The first-order valence-electron chi connectivity index (χ1n) is 7.09. The van der Waals surface area contributed by atoms with Crippen molar-refractivity contribution in [3.63, 3.8) is 0 Å². The number of nitrogens with one attached hydrogen (secondary N) is 1. The summed E-state index contributed by atoms with van der Waals surface area (Å²) in [5.41, 5.74) is 3.06. The number of carbonyl (C=O) groups is 1. The lowest BCUT2D eigenvalue weighted by molar-refractivity contribution is 0.0922. The Balaban J connectivity index is 1.70. The molecule has 2 heterocycles. The van der Waals surface area contributed by atoms with E-state index in [1.165, 1.54) is 6.26 Å². The Kier molecular flexibility index (Phi) is 4.05. The molecule has 1 aromatic carbocycles. The highest BCUT2D eigenvalue weighted by atomic mass is 16.3. The van der Waals surface area contributed by atoms with Crippen molar-refractivity contribution in [2.75, 3.05) is 0 Å². The van der Waals surface area contributed by atoms with E-state index in [9.17, 15) is 4.79 Å². The third kappa shape index (κ3) is 3.09. The molecular weight excluding hydrogens is 278 g/mol. The van der Waals surface area contributed by atoms with Gasteiger partial charge in [-0.2, -0.15) is 0 Å². The van der Waals surface area contributed by atoms with E-state index in [4.69, 9.17) is 4.42 Å². The minimum atomic E-state index is -0.195. The highest BCUT2D eigenvalue weighted by Gasteiger charge is 2.12. The number of imidazole rings is 1. The zero-order valence-corrected chi connectivity index (χ0v) is 12.3. The fourth-order valence-electron chi connectivity index (χ4n) is 2.32. The van der Waals surface area contributed by atoms with Crippen LogP contribution in [0, 0.1) is 6.92 Å². The molecule has 0 aliphatic carbocycles. The van der Waals surface area contributed by atoms with E-state index < -0.39 is 0 Å². The first kappa shape index (κ1) is 14.1. The topological polar surface area (TPSA) is 60.1 Å². The molecule has 0 unspecified atom stereocenters. The van der Waals surface area contributed by atoms with Gasteiger partial charge in [-0.3, -0.25) is 4.79 Å². The number of rotatable bonds is 5. The SMILES string of the molecule is Cc1ccoc1C(=O)NCc1ccccc1Cn1ccnc1. The largest absolute Gasteiger partial charge is 0.459 e. The van der Waals surface area contributed by atoms with E-state index in [-0.39, 0.29) is 5.91 Å². The van der Waals surface area contributed by atoms with Gasteiger partial charge in [-0.15, -0.1) is 0 Å². The number of furan rings is 1. The van der Waals surface area contributed by atoms with Crippen LogP contribution in [0.5, 0.6) is 0 Å². The van der Waals surface area contributed by atoms with Gasteiger partial charge >= 0.3 is 0 Å². The van der Waals surface area contributed by atoms with E-state index in [1.54, 1.807) is 18.6 Å². The van der Waals surface area contributed by atoms with Crippen LogP contribution in [0.1, 0.15) is 27.2 Å². The molecule has 0 saturated heterocycles. The normalized spacial score (nSPS) is 10.6. The molecule has 3 rings (SSSR count). The maximum absolute atomic E-state index is 12.1. The molecule has 0 aliphatic rings. The lowest BCUT2D eigenvalue weighted by Crippen LogP contribution is -2.23. The van der Waals surface area contributed by atoms with Gasteiger partial charge in [-0.1, -0.05) is 24.3 Å². The van der Waals surface area contributed by atoms with Gasteiger partial charge in [-0.05, 0) is 24.1 Å². The molecule has 5 nitrogen and oxygen atoms in total. The lowest BCUT2D eigenvalue weighted by Gasteiger charge is -2.11. The summed E-state index contributed by atoms with van der Waals surface area (Å²) in [6.45, 7) is 3.04. The van der Waals surface area contributed by atoms with Gasteiger partial charge in [-0.25, -0.2) is 4.98 Å². The van der Waals surface area contributed by atoms with Gasteiger partial charge in [0.05, 0.1) is 12.6 Å². The third-order valence-corrected chi connectivity index (χ3v) is 3.54. The van der Waals surface area contributed by atoms with Crippen molar-refractivity contribution in [3.8, 4) is 0 Å². The smallest absolute Gasteiger partial charge is 0.287 e. The predicted octanol–water partition coefficient (Wildman–Crippen LogP) is 2.76. The van der Waals surface area contributed by atoms with E-state index in [1.807, 2.05) is 35.9 Å². The zero-order chi connectivity index (χ0) is 15.4. The van der Waals surface area contributed by atoms with Crippen molar-refractivity contribution >= 4 is 5.91 Å². The number of hydrogen-bond donors (Lipinski definition) is 1. The molecule has 0 aliphatic heterocycles. The van der Waals surface area contributed by atoms with Crippen molar-refractivity contribution in [1.29, 1.82) is 0 Å². The summed E-state index contributed by atoms with van der Waals surface area (Å²) in [4.78, 5) is 16.2. The molecule has 1 amide bonds. The van der Waals surface area contributed by atoms with Gasteiger partial charge in [0.1, 0.15) is 0 Å². The minimum absolute atomic E-state index is 0.195. The second-order valence-corrected chi connectivity index (χ2v) is 5.12. The van der Waals surface area contributed by atoms with Crippen molar-refractivity contribution in [3.05, 3.63) is 77.8 Å². The van der Waals surface area contributed by atoms with Gasteiger partial charge in [0.15, 0.2) is 5.76 Å². The first-order valence-corrected chi connectivity index (χ1v) is 7.09. The van der Waals surface area contributed by atoms with E-state index in [0.29, 0.717) is 12.3 Å². The summed E-state index contributed by atoms with van der Waals surface area (Å²) in [7, 11) is 0. The Labute approximate surface area is 128 Å². The van der Waals surface area contributed by atoms with Crippen LogP contribution in [-0.4, -0.2) is 15.5 Å². The Morgan fingerprint density at radius 1 is 1.27 bits per heavy atom. The van der Waals surface area contributed by atoms with E-state index >= 15 is 0 Å². The third-order valence-electron chi connectivity index (χ3n) is 3.54. The second-order valence-electron chi connectivity index (χ2n) is 5.12. The van der Waals surface area contributed by atoms with Crippen LogP contribution in [-0.2, 0) is 13.1 Å². The Morgan fingerprint density at radius 2 is 2.09 bits per heavy atom. The number of nitrogens with zero attached hydrogens (tertiary/aromatic N) is 2. The van der Waals surface area contributed by atoms with Crippen LogP contribution in [0.4, 0.5) is 0 Å². The molecule has 2 aromatic heterocycles. The van der Waals surface area contributed by atoms with Crippen LogP contribution in [0.3, 0.4) is 0 Å². The van der Waals surface area contributed by atoms with Gasteiger partial charge < -0.3 is 14.3 Å². The molecule has 3 aromatic rings. The minimum Gasteiger partial charge on any atom is -0.459 e. The van der Waals surface area contributed by atoms with Crippen molar-refractivity contribution in [2.24, 2.45) is 0 Å². The summed E-state index contributed by atoms with van der Waals surface area (Å²) in [5, 5.41) is 2.90. The number of benzene rings is 1. The highest BCUT2D eigenvalue weighted by Crippen LogP contribution is 2.12. The molecule has 0 radical (unpaired) electrons. The summed E-state index contributed by atoms with van der Waals surface area (Å²) >= 11 is 0. The number of aryl methyl sites for hydroxylation is 1. The van der Waals surface area contributed by atoms with Crippen LogP contribution >= 0.6 is 0 Å².